The summed E-state index contributed by atoms with van der Waals surface area (Å²) in [6.07, 6.45) is 1.48. The average Bonchev–Trinajstić information content (AvgIpc) is 3.21. The van der Waals surface area contributed by atoms with Crippen LogP contribution in [-0.4, -0.2) is 36.3 Å². The van der Waals surface area contributed by atoms with Gasteiger partial charge in [-0.15, -0.1) is 0 Å². The summed E-state index contributed by atoms with van der Waals surface area (Å²) in [6.45, 7) is 1.24. The SMILES string of the molecule is COCCn1c(SCc2ccoc2C(=O)OC)nc2cc(Cl)ccc21. The van der Waals surface area contributed by atoms with Gasteiger partial charge in [0.15, 0.2) is 5.16 Å². The fraction of sp³-hybridized carbons (Fsp3) is 0.294. The summed E-state index contributed by atoms with van der Waals surface area (Å²) >= 11 is 7.58. The average molecular weight is 381 g/mol. The molecule has 0 bridgehead atoms. The molecule has 3 aromatic rings. The van der Waals surface area contributed by atoms with Gasteiger partial charge in [-0.1, -0.05) is 23.4 Å². The number of aromatic nitrogens is 2. The van der Waals surface area contributed by atoms with Crippen molar-refractivity contribution in [3.63, 3.8) is 0 Å². The van der Waals surface area contributed by atoms with Gasteiger partial charge in [0.05, 0.1) is 31.0 Å². The third-order valence-electron chi connectivity index (χ3n) is 3.67. The van der Waals surface area contributed by atoms with Crippen LogP contribution in [-0.2, 0) is 21.8 Å². The Morgan fingerprint density at radius 3 is 2.96 bits per heavy atom. The van der Waals surface area contributed by atoms with Crippen molar-refractivity contribution in [1.29, 1.82) is 0 Å². The van der Waals surface area contributed by atoms with Crippen LogP contribution in [0.3, 0.4) is 0 Å². The third-order valence-corrected chi connectivity index (χ3v) is 4.93. The Bertz CT molecular complexity index is 890. The fourth-order valence-corrected chi connectivity index (χ4v) is 3.64. The Balaban J connectivity index is 1.88. The minimum absolute atomic E-state index is 0.220. The van der Waals surface area contributed by atoms with Crippen molar-refractivity contribution in [2.45, 2.75) is 17.5 Å². The number of carbonyl (C=O) groups excluding carboxylic acids is 1. The van der Waals surface area contributed by atoms with Crippen molar-refractivity contribution in [3.8, 4) is 0 Å². The molecule has 0 spiro atoms. The lowest BCUT2D eigenvalue weighted by molar-refractivity contribution is 0.0564. The lowest BCUT2D eigenvalue weighted by Crippen LogP contribution is -2.06. The number of nitrogens with zero attached hydrogens (tertiary/aromatic N) is 2. The number of thioether (sulfide) groups is 1. The molecule has 8 heteroatoms. The molecule has 3 rings (SSSR count). The first-order valence-corrected chi connectivity index (χ1v) is 8.92. The first-order valence-electron chi connectivity index (χ1n) is 7.56. The molecule has 2 aromatic heterocycles. The minimum atomic E-state index is -0.486. The predicted octanol–water partition coefficient (Wildman–Crippen LogP) is 4.01. The van der Waals surface area contributed by atoms with E-state index in [4.69, 9.17) is 25.5 Å². The molecule has 1 aromatic carbocycles. The molecular weight excluding hydrogens is 364 g/mol. The molecule has 0 N–H and O–H groups in total. The van der Waals surface area contributed by atoms with E-state index in [0.29, 0.717) is 23.9 Å². The lowest BCUT2D eigenvalue weighted by Gasteiger charge is -2.08. The number of rotatable bonds is 7. The molecule has 0 unspecified atom stereocenters. The Hall–Kier alpha value is -1.96. The minimum Gasteiger partial charge on any atom is -0.463 e. The molecule has 0 aliphatic rings. The van der Waals surface area contributed by atoms with Gasteiger partial charge in [-0.05, 0) is 24.3 Å². The van der Waals surface area contributed by atoms with Crippen LogP contribution in [0.2, 0.25) is 5.02 Å². The van der Waals surface area contributed by atoms with Gasteiger partial charge in [0, 0.05) is 30.0 Å². The van der Waals surface area contributed by atoms with Gasteiger partial charge < -0.3 is 18.5 Å². The summed E-state index contributed by atoms with van der Waals surface area (Å²) in [5.74, 6) is 0.267. The maximum atomic E-state index is 11.7. The van der Waals surface area contributed by atoms with Crippen LogP contribution in [0.15, 0.2) is 40.1 Å². The van der Waals surface area contributed by atoms with Crippen molar-refractivity contribution >= 4 is 40.4 Å². The van der Waals surface area contributed by atoms with Crippen LogP contribution >= 0.6 is 23.4 Å². The maximum absolute atomic E-state index is 11.7. The zero-order valence-electron chi connectivity index (χ0n) is 13.8. The first-order chi connectivity index (χ1) is 12.1. The number of halogens is 1. The van der Waals surface area contributed by atoms with E-state index in [2.05, 4.69) is 9.55 Å². The standard InChI is InChI=1S/C17H17ClN2O4S/c1-22-8-6-20-14-4-3-12(18)9-13(14)19-17(20)25-10-11-5-7-24-15(11)16(21)23-2/h3-5,7,9H,6,8,10H2,1-2H3. The van der Waals surface area contributed by atoms with Crippen molar-refractivity contribution < 1.29 is 18.7 Å². The second-order valence-corrected chi connectivity index (χ2v) is 6.61. The molecule has 132 valence electrons. The molecule has 0 saturated heterocycles. The van der Waals surface area contributed by atoms with Gasteiger partial charge in [0.1, 0.15) is 0 Å². The number of fused-ring (bicyclic) bond motifs is 1. The number of carbonyl (C=O) groups is 1. The smallest absolute Gasteiger partial charge is 0.374 e. The molecule has 6 nitrogen and oxygen atoms in total. The van der Waals surface area contributed by atoms with Gasteiger partial charge in [0.2, 0.25) is 5.76 Å². The topological polar surface area (TPSA) is 66.5 Å². The molecule has 0 aliphatic heterocycles. The molecule has 0 saturated carbocycles. The highest BCUT2D eigenvalue weighted by Gasteiger charge is 2.18. The van der Waals surface area contributed by atoms with Crippen molar-refractivity contribution in [1.82, 2.24) is 9.55 Å². The van der Waals surface area contributed by atoms with Crippen molar-refractivity contribution in [2.75, 3.05) is 20.8 Å². The third kappa shape index (κ3) is 3.84. The monoisotopic (exact) mass is 380 g/mol. The van der Waals surface area contributed by atoms with Crippen LogP contribution in [0.5, 0.6) is 0 Å². The van der Waals surface area contributed by atoms with Gasteiger partial charge in [-0.25, -0.2) is 9.78 Å². The fourth-order valence-electron chi connectivity index (χ4n) is 2.45. The number of imidazole rings is 1. The summed E-state index contributed by atoms with van der Waals surface area (Å²) in [6, 6.07) is 7.39. The lowest BCUT2D eigenvalue weighted by atomic mass is 10.3. The summed E-state index contributed by atoms with van der Waals surface area (Å²) < 4.78 is 17.2. The quantitative estimate of drug-likeness (QED) is 0.455. The number of methoxy groups -OCH3 is 2. The number of esters is 1. The van der Waals surface area contributed by atoms with E-state index >= 15 is 0 Å². The Labute approximate surface area is 154 Å². The molecular formula is C17H17ClN2O4S. The highest BCUT2D eigenvalue weighted by Crippen LogP contribution is 2.29. The number of ether oxygens (including phenoxy) is 2. The number of hydrogen-bond acceptors (Lipinski definition) is 6. The van der Waals surface area contributed by atoms with E-state index in [1.165, 1.54) is 25.1 Å². The van der Waals surface area contributed by atoms with E-state index in [0.717, 1.165) is 21.8 Å². The van der Waals surface area contributed by atoms with Gasteiger partial charge in [0.25, 0.3) is 0 Å². The van der Waals surface area contributed by atoms with Crippen LogP contribution in [0, 0.1) is 0 Å². The second-order valence-electron chi connectivity index (χ2n) is 5.23. The van der Waals surface area contributed by atoms with Crippen LogP contribution in [0.25, 0.3) is 11.0 Å². The number of furan rings is 1. The molecule has 0 fully saturated rings. The van der Waals surface area contributed by atoms with E-state index in [1.807, 2.05) is 18.2 Å². The van der Waals surface area contributed by atoms with Crippen LogP contribution < -0.4 is 0 Å². The van der Waals surface area contributed by atoms with Crippen LogP contribution in [0.1, 0.15) is 16.1 Å². The largest absolute Gasteiger partial charge is 0.463 e. The van der Waals surface area contributed by atoms with Gasteiger partial charge in [-0.3, -0.25) is 0 Å². The summed E-state index contributed by atoms with van der Waals surface area (Å²) in [5, 5.41) is 1.47. The first kappa shape index (κ1) is 17.8. The molecule has 0 radical (unpaired) electrons. The zero-order valence-corrected chi connectivity index (χ0v) is 15.4. The summed E-state index contributed by atoms with van der Waals surface area (Å²) in [5.41, 5.74) is 2.58. The van der Waals surface area contributed by atoms with Crippen molar-refractivity contribution in [2.24, 2.45) is 0 Å². The van der Waals surface area contributed by atoms with E-state index < -0.39 is 5.97 Å². The number of hydrogen-bond donors (Lipinski definition) is 0. The zero-order chi connectivity index (χ0) is 17.8. The maximum Gasteiger partial charge on any atom is 0.374 e. The van der Waals surface area contributed by atoms with Crippen LogP contribution in [0.4, 0.5) is 0 Å². The van der Waals surface area contributed by atoms with Gasteiger partial charge in [-0.2, -0.15) is 0 Å². The van der Waals surface area contributed by atoms with Crippen molar-refractivity contribution in [3.05, 3.63) is 46.9 Å². The molecule has 2 heterocycles. The van der Waals surface area contributed by atoms with E-state index in [9.17, 15) is 4.79 Å². The Morgan fingerprint density at radius 2 is 2.20 bits per heavy atom. The Morgan fingerprint density at radius 1 is 1.36 bits per heavy atom. The highest BCUT2D eigenvalue weighted by molar-refractivity contribution is 7.98. The van der Waals surface area contributed by atoms with E-state index in [1.54, 1.807) is 13.2 Å². The normalized spacial score (nSPS) is 11.2. The predicted molar refractivity (Wildman–Crippen MR) is 96.2 cm³/mol. The summed E-state index contributed by atoms with van der Waals surface area (Å²) in [4.78, 5) is 16.4. The van der Waals surface area contributed by atoms with Gasteiger partial charge >= 0.3 is 5.97 Å². The molecule has 0 amide bonds. The summed E-state index contributed by atoms with van der Waals surface area (Å²) in [7, 11) is 2.99. The second kappa shape index (κ2) is 7.95. The van der Waals surface area contributed by atoms with E-state index in [-0.39, 0.29) is 5.76 Å². The molecule has 25 heavy (non-hydrogen) atoms. The molecule has 0 aliphatic carbocycles. The molecule has 0 atom stereocenters. The Kier molecular flexibility index (Phi) is 5.67. The number of benzene rings is 1. The highest BCUT2D eigenvalue weighted by atomic mass is 35.5.